The molecule has 0 saturated heterocycles. The van der Waals surface area contributed by atoms with Gasteiger partial charge in [-0.1, -0.05) is 82.3 Å². The predicted molar refractivity (Wildman–Crippen MR) is 125 cm³/mol. The molecule has 0 aliphatic heterocycles. The van der Waals surface area contributed by atoms with E-state index in [-0.39, 0.29) is 5.97 Å². The third-order valence-corrected chi connectivity index (χ3v) is 4.17. The molecule has 0 amide bonds. The average Bonchev–Trinajstić information content (AvgIpc) is 2.80. The van der Waals surface area contributed by atoms with Gasteiger partial charge < -0.3 is 9.47 Å². The lowest BCUT2D eigenvalue weighted by atomic mass is 10.1. The summed E-state index contributed by atoms with van der Waals surface area (Å²) in [5.41, 5.74) is 3.82. The standard InChI is InChI=1S/C15H16O.C10H12O2.C2H6/c1-2-13-8-10-14(11-9-13)12-16-15-6-4-3-5-7-15;1-3-9-4-6-10(7-5-9)12-8(2)11;1-2/h3-11H,2,12H2,1H3;4-7H,3H2,1-2H3;1-2H3. The second-order valence-electron chi connectivity index (χ2n) is 6.36. The minimum atomic E-state index is -0.278. The van der Waals surface area contributed by atoms with Gasteiger partial charge in [-0.2, -0.15) is 0 Å². The molecule has 0 aromatic heterocycles. The molecule has 0 bridgehead atoms. The lowest BCUT2D eigenvalue weighted by Crippen LogP contribution is -2.00. The van der Waals surface area contributed by atoms with Crippen LogP contribution >= 0.6 is 0 Å². The molecule has 3 nitrogen and oxygen atoms in total. The fourth-order valence-electron chi connectivity index (χ4n) is 2.51. The summed E-state index contributed by atoms with van der Waals surface area (Å²) in [5.74, 6) is 1.25. The molecule has 30 heavy (non-hydrogen) atoms. The summed E-state index contributed by atoms with van der Waals surface area (Å²) in [4.78, 5) is 10.5. The van der Waals surface area contributed by atoms with Crippen LogP contribution in [-0.2, 0) is 24.2 Å². The molecule has 0 fully saturated rings. The number of carbonyl (C=O) groups is 1. The molecule has 0 unspecified atom stereocenters. The zero-order valence-corrected chi connectivity index (χ0v) is 18.9. The van der Waals surface area contributed by atoms with Gasteiger partial charge in [-0.15, -0.1) is 0 Å². The van der Waals surface area contributed by atoms with E-state index in [0.29, 0.717) is 12.4 Å². The van der Waals surface area contributed by atoms with Gasteiger partial charge in [0.25, 0.3) is 0 Å². The first-order chi connectivity index (χ1) is 14.6. The second kappa shape index (κ2) is 14.9. The van der Waals surface area contributed by atoms with E-state index in [2.05, 4.69) is 38.1 Å². The molecule has 0 atom stereocenters. The van der Waals surface area contributed by atoms with Crippen LogP contribution < -0.4 is 9.47 Å². The van der Waals surface area contributed by atoms with Crippen molar-refractivity contribution in [2.24, 2.45) is 0 Å². The maximum atomic E-state index is 10.5. The maximum absolute atomic E-state index is 10.5. The van der Waals surface area contributed by atoms with Crippen LogP contribution in [0.2, 0.25) is 0 Å². The smallest absolute Gasteiger partial charge is 0.308 e. The molecule has 0 aliphatic carbocycles. The second-order valence-corrected chi connectivity index (χ2v) is 6.36. The van der Waals surface area contributed by atoms with Gasteiger partial charge in [0.1, 0.15) is 18.1 Å². The fourth-order valence-corrected chi connectivity index (χ4v) is 2.51. The van der Waals surface area contributed by atoms with Crippen LogP contribution in [-0.4, -0.2) is 5.97 Å². The number of rotatable bonds is 6. The van der Waals surface area contributed by atoms with Crippen LogP contribution in [0, 0.1) is 0 Å². The maximum Gasteiger partial charge on any atom is 0.308 e. The Labute approximate surface area is 181 Å². The highest BCUT2D eigenvalue weighted by Crippen LogP contribution is 2.13. The minimum absolute atomic E-state index is 0.278. The number of ether oxygens (including phenoxy) is 2. The van der Waals surface area contributed by atoms with Crippen molar-refractivity contribution < 1.29 is 14.3 Å². The van der Waals surface area contributed by atoms with Crippen molar-refractivity contribution in [2.75, 3.05) is 0 Å². The van der Waals surface area contributed by atoms with Crippen molar-refractivity contribution in [3.8, 4) is 11.5 Å². The van der Waals surface area contributed by atoms with Gasteiger partial charge in [0.05, 0.1) is 0 Å². The van der Waals surface area contributed by atoms with Crippen molar-refractivity contribution in [3.63, 3.8) is 0 Å². The van der Waals surface area contributed by atoms with E-state index in [1.54, 1.807) is 12.1 Å². The van der Waals surface area contributed by atoms with Gasteiger partial charge in [-0.05, 0) is 53.8 Å². The number of para-hydroxylation sites is 1. The lowest BCUT2D eigenvalue weighted by molar-refractivity contribution is -0.131. The Kier molecular flexibility index (Phi) is 12.4. The summed E-state index contributed by atoms with van der Waals surface area (Å²) in [6.45, 7) is 10.3. The van der Waals surface area contributed by atoms with Crippen molar-refractivity contribution in [1.82, 2.24) is 0 Å². The molecule has 0 N–H and O–H groups in total. The van der Waals surface area contributed by atoms with Crippen molar-refractivity contribution in [1.29, 1.82) is 0 Å². The minimum Gasteiger partial charge on any atom is -0.489 e. The first kappa shape index (κ1) is 25.0. The van der Waals surface area contributed by atoms with Gasteiger partial charge in [-0.25, -0.2) is 0 Å². The molecule has 3 rings (SSSR count). The van der Waals surface area contributed by atoms with Gasteiger partial charge in [-0.3, -0.25) is 4.79 Å². The zero-order valence-electron chi connectivity index (χ0n) is 18.9. The highest BCUT2D eigenvalue weighted by atomic mass is 16.5. The lowest BCUT2D eigenvalue weighted by Gasteiger charge is -2.06. The van der Waals surface area contributed by atoms with E-state index >= 15 is 0 Å². The van der Waals surface area contributed by atoms with Crippen molar-refractivity contribution in [3.05, 3.63) is 95.6 Å². The Balaban J connectivity index is 0.000000287. The number of esters is 1. The molecular formula is C27H34O3. The van der Waals surface area contributed by atoms with Gasteiger partial charge in [0.2, 0.25) is 0 Å². The quantitative estimate of drug-likeness (QED) is 0.326. The largest absolute Gasteiger partial charge is 0.489 e. The SMILES string of the molecule is CC.CCc1ccc(COc2ccccc2)cc1.CCc1ccc(OC(C)=O)cc1. The van der Waals surface area contributed by atoms with E-state index in [4.69, 9.17) is 9.47 Å². The Morgan fingerprint density at radius 3 is 1.60 bits per heavy atom. The average molecular weight is 407 g/mol. The summed E-state index contributed by atoms with van der Waals surface area (Å²) >= 11 is 0. The summed E-state index contributed by atoms with van der Waals surface area (Å²) in [7, 11) is 0. The molecule has 0 aliphatic rings. The fraction of sp³-hybridized carbons (Fsp3) is 0.296. The molecule has 0 heterocycles. The number of hydrogen-bond acceptors (Lipinski definition) is 3. The van der Waals surface area contributed by atoms with Crippen LogP contribution in [0.4, 0.5) is 0 Å². The monoisotopic (exact) mass is 406 g/mol. The molecule has 3 aromatic rings. The Morgan fingerprint density at radius 1 is 0.667 bits per heavy atom. The molecule has 3 heteroatoms. The predicted octanol–water partition coefficient (Wildman–Crippen LogP) is 7.03. The van der Waals surface area contributed by atoms with Crippen LogP contribution in [0.5, 0.6) is 11.5 Å². The van der Waals surface area contributed by atoms with Crippen molar-refractivity contribution in [2.45, 2.75) is 54.1 Å². The zero-order chi connectivity index (χ0) is 22.2. The Bertz CT molecular complexity index is 822. The van der Waals surface area contributed by atoms with E-state index in [1.807, 2.05) is 56.3 Å². The van der Waals surface area contributed by atoms with Crippen molar-refractivity contribution >= 4 is 5.97 Å². The van der Waals surface area contributed by atoms with Gasteiger partial charge >= 0.3 is 5.97 Å². The van der Waals surface area contributed by atoms with E-state index in [9.17, 15) is 4.79 Å². The summed E-state index contributed by atoms with van der Waals surface area (Å²) in [6.07, 6.45) is 2.08. The first-order valence-corrected chi connectivity index (χ1v) is 10.6. The van der Waals surface area contributed by atoms with Crippen LogP contribution in [0.1, 0.15) is 51.3 Å². The van der Waals surface area contributed by atoms with Crippen LogP contribution in [0.15, 0.2) is 78.9 Å². The summed E-state index contributed by atoms with van der Waals surface area (Å²) in [5, 5.41) is 0. The number of carbonyl (C=O) groups excluding carboxylic acids is 1. The molecule has 0 spiro atoms. The van der Waals surface area contributed by atoms with E-state index in [0.717, 1.165) is 18.6 Å². The van der Waals surface area contributed by atoms with Crippen LogP contribution in [0.3, 0.4) is 0 Å². The van der Waals surface area contributed by atoms with E-state index < -0.39 is 0 Å². The molecule has 160 valence electrons. The summed E-state index contributed by atoms with van der Waals surface area (Å²) < 4.78 is 10.5. The Hall–Kier alpha value is -3.07. The highest BCUT2D eigenvalue weighted by molar-refractivity contribution is 5.69. The number of aryl methyl sites for hydroxylation is 2. The van der Waals surface area contributed by atoms with Gasteiger partial charge in [0, 0.05) is 6.92 Å². The first-order valence-electron chi connectivity index (χ1n) is 10.6. The molecular weight excluding hydrogens is 372 g/mol. The third-order valence-electron chi connectivity index (χ3n) is 4.17. The van der Waals surface area contributed by atoms with E-state index in [1.165, 1.54) is 23.6 Å². The van der Waals surface area contributed by atoms with Crippen LogP contribution in [0.25, 0.3) is 0 Å². The van der Waals surface area contributed by atoms with Gasteiger partial charge in [0.15, 0.2) is 0 Å². The summed E-state index contributed by atoms with van der Waals surface area (Å²) in [6, 6.07) is 26.0. The molecule has 3 aromatic carbocycles. The highest BCUT2D eigenvalue weighted by Gasteiger charge is 1.97. The normalized spacial score (nSPS) is 9.37. The third kappa shape index (κ3) is 9.92. The molecule has 0 radical (unpaired) electrons. The molecule has 0 saturated carbocycles. The number of hydrogen-bond donors (Lipinski definition) is 0. The topological polar surface area (TPSA) is 35.5 Å². The Morgan fingerprint density at radius 2 is 1.13 bits per heavy atom. The number of benzene rings is 3.